The number of hydrogen-bond donors (Lipinski definition) is 2. The highest BCUT2D eigenvalue weighted by molar-refractivity contribution is 8.01. The van der Waals surface area contributed by atoms with E-state index in [0.29, 0.717) is 17.9 Å². The molecule has 0 spiro atoms. The number of aromatic nitrogens is 1. The Morgan fingerprint density at radius 1 is 1.52 bits per heavy atom. The third-order valence-corrected chi connectivity index (χ3v) is 5.85. The Morgan fingerprint density at radius 3 is 2.96 bits per heavy atom. The van der Waals surface area contributed by atoms with E-state index in [1.807, 2.05) is 6.92 Å². The summed E-state index contributed by atoms with van der Waals surface area (Å²) in [6.07, 6.45) is 1.24. The lowest BCUT2D eigenvalue weighted by Crippen LogP contribution is -2.48. The second kappa shape index (κ2) is 5.59. The zero-order chi connectivity index (χ0) is 16.8. The van der Waals surface area contributed by atoms with Gasteiger partial charge < -0.3 is 19.9 Å². The van der Waals surface area contributed by atoms with Crippen LogP contribution in [-0.2, 0) is 14.3 Å². The molecule has 3 heterocycles. The fourth-order valence-electron chi connectivity index (χ4n) is 3.18. The average Bonchev–Trinajstić information content (AvgIpc) is 3.12. The second-order valence-corrected chi connectivity index (χ2v) is 7.49. The van der Waals surface area contributed by atoms with Crippen molar-refractivity contribution in [2.24, 2.45) is 0 Å². The largest absolute Gasteiger partial charge is 0.464 e. The molecule has 2 amide bonds. The van der Waals surface area contributed by atoms with Gasteiger partial charge in [0.05, 0.1) is 17.7 Å². The van der Waals surface area contributed by atoms with Gasteiger partial charge >= 0.3 is 5.97 Å². The van der Waals surface area contributed by atoms with Gasteiger partial charge in [0.15, 0.2) is 0 Å². The third-order valence-electron chi connectivity index (χ3n) is 4.35. The second-order valence-electron chi connectivity index (χ2n) is 5.99. The lowest BCUT2D eigenvalue weighted by molar-refractivity contribution is -0.135. The summed E-state index contributed by atoms with van der Waals surface area (Å²) >= 11 is 1.63. The summed E-state index contributed by atoms with van der Waals surface area (Å²) in [5.41, 5.74) is 1.33. The molecule has 0 aliphatic carbocycles. The van der Waals surface area contributed by atoms with Crippen LogP contribution < -0.4 is 5.32 Å². The maximum Gasteiger partial charge on any atom is 0.356 e. The lowest BCUT2D eigenvalue weighted by Gasteiger charge is -2.29. The molecule has 23 heavy (non-hydrogen) atoms. The summed E-state index contributed by atoms with van der Waals surface area (Å²) < 4.78 is 4.71. The molecule has 2 aliphatic rings. The molecule has 2 atom stereocenters. The molecule has 7 nitrogen and oxygen atoms in total. The van der Waals surface area contributed by atoms with Crippen molar-refractivity contribution in [3.8, 4) is 0 Å². The molecular weight excluding hydrogens is 318 g/mol. The highest BCUT2D eigenvalue weighted by Gasteiger charge is 2.52. The van der Waals surface area contributed by atoms with E-state index in [1.165, 1.54) is 7.11 Å². The summed E-state index contributed by atoms with van der Waals surface area (Å²) in [4.78, 5) is 40.8. The average molecular weight is 337 g/mol. The summed E-state index contributed by atoms with van der Waals surface area (Å²) in [5, 5.41) is 2.76. The Hall–Kier alpha value is -1.96. The molecule has 0 radical (unpaired) electrons. The molecule has 1 aromatic heterocycles. The normalized spacial score (nSPS) is 26.3. The smallest absolute Gasteiger partial charge is 0.356 e. The van der Waals surface area contributed by atoms with Crippen LogP contribution in [0.1, 0.15) is 35.9 Å². The van der Waals surface area contributed by atoms with Crippen molar-refractivity contribution in [1.82, 2.24) is 9.88 Å². The Labute approximate surface area is 138 Å². The summed E-state index contributed by atoms with van der Waals surface area (Å²) in [6, 6.07) is 1.16. The minimum Gasteiger partial charge on any atom is -0.464 e. The maximum absolute atomic E-state index is 12.6. The van der Waals surface area contributed by atoms with Gasteiger partial charge in [0, 0.05) is 17.9 Å². The van der Waals surface area contributed by atoms with Crippen LogP contribution in [0, 0.1) is 6.92 Å². The SMILES string of the molecule is COC(=O)c1[nH]c(C)cc1NC(=O)[C@H]1CS[C@]2(C)CCC(=O)N12. The number of nitrogens with one attached hydrogen (secondary N) is 2. The van der Waals surface area contributed by atoms with Gasteiger partial charge in [0.1, 0.15) is 11.7 Å². The Morgan fingerprint density at radius 2 is 2.26 bits per heavy atom. The van der Waals surface area contributed by atoms with Crippen molar-refractivity contribution >= 4 is 35.2 Å². The standard InChI is InChI=1S/C15H19N3O4S/c1-8-6-9(12(16-8)14(21)22-3)17-13(20)10-7-23-15(2)5-4-11(19)18(10)15/h6,10,16H,4-5,7H2,1-3H3,(H,17,20)/t10-,15-/m1/s1. The number of anilines is 1. The summed E-state index contributed by atoms with van der Waals surface area (Å²) in [5.74, 6) is -0.251. The van der Waals surface area contributed by atoms with E-state index in [1.54, 1.807) is 29.7 Å². The van der Waals surface area contributed by atoms with Crippen LogP contribution >= 0.6 is 11.8 Å². The van der Waals surface area contributed by atoms with Crippen LogP contribution in [0.4, 0.5) is 5.69 Å². The molecule has 2 N–H and O–H groups in total. The number of aryl methyl sites for hydroxylation is 1. The van der Waals surface area contributed by atoms with Gasteiger partial charge in [-0.05, 0) is 26.3 Å². The minimum absolute atomic E-state index is 0.0103. The van der Waals surface area contributed by atoms with E-state index in [4.69, 9.17) is 4.74 Å². The van der Waals surface area contributed by atoms with Crippen molar-refractivity contribution in [2.45, 2.75) is 37.6 Å². The number of methoxy groups -OCH3 is 1. The molecule has 2 fully saturated rings. The predicted octanol–water partition coefficient (Wildman–Crippen LogP) is 1.50. The van der Waals surface area contributed by atoms with E-state index in [0.717, 1.165) is 12.1 Å². The molecule has 1 aromatic rings. The molecule has 0 bridgehead atoms. The minimum atomic E-state index is -0.545. The highest BCUT2D eigenvalue weighted by Crippen LogP contribution is 2.47. The van der Waals surface area contributed by atoms with Gasteiger partial charge in [0.2, 0.25) is 11.8 Å². The van der Waals surface area contributed by atoms with E-state index in [-0.39, 0.29) is 22.4 Å². The van der Waals surface area contributed by atoms with Gasteiger partial charge in [0.25, 0.3) is 0 Å². The number of amides is 2. The van der Waals surface area contributed by atoms with Gasteiger partial charge in [-0.15, -0.1) is 11.8 Å². The van der Waals surface area contributed by atoms with E-state index in [9.17, 15) is 14.4 Å². The number of fused-ring (bicyclic) bond motifs is 1. The first kappa shape index (κ1) is 15.9. The van der Waals surface area contributed by atoms with Crippen LogP contribution in [0.5, 0.6) is 0 Å². The quantitative estimate of drug-likeness (QED) is 0.816. The van der Waals surface area contributed by atoms with Gasteiger partial charge in [-0.2, -0.15) is 0 Å². The Kier molecular flexibility index (Phi) is 3.87. The van der Waals surface area contributed by atoms with Crippen LogP contribution in [0.3, 0.4) is 0 Å². The first-order chi connectivity index (χ1) is 10.9. The molecule has 0 aromatic carbocycles. The van der Waals surface area contributed by atoms with Crippen LogP contribution in [0.25, 0.3) is 0 Å². The van der Waals surface area contributed by atoms with Gasteiger partial charge in [-0.3, -0.25) is 9.59 Å². The number of aromatic amines is 1. The maximum atomic E-state index is 12.6. The third kappa shape index (κ3) is 2.60. The number of hydrogen-bond acceptors (Lipinski definition) is 5. The van der Waals surface area contributed by atoms with Crippen molar-refractivity contribution in [1.29, 1.82) is 0 Å². The number of esters is 1. The van der Waals surface area contributed by atoms with Crippen LogP contribution in [0.2, 0.25) is 0 Å². The highest BCUT2D eigenvalue weighted by atomic mass is 32.2. The first-order valence-electron chi connectivity index (χ1n) is 7.40. The number of thioether (sulfide) groups is 1. The molecule has 124 valence electrons. The van der Waals surface area contributed by atoms with Crippen molar-refractivity contribution in [3.63, 3.8) is 0 Å². The Balaban J connectivity index is 1.81. The van der Waals surface area contributed by atoms with Crippen molar-refractivity contribution < 1.29 is 19.1 Å². The number of ether oxygens (including phenoxy) is 1. The van der Waals surface area contributed by atoms with Gasteiger partial charge in [-0.1, -0.05) is 0 Å². The zero-order valence-corrected chi connectivity index (χ0v) is 14.1. The summed E-state index contributed by atoms with van der Waals surface area (Å²) in [6.45, 7) is 3.78. The zero-order valence-electron chi connectivity index (χ0n) is 13.3. The molecule has 3 rings (SSSR count). The lowest BCUT2D eigenvalue weighted by atomic mass is 10.2. The molecular formula is C15H19N3O4S. The molecule has 0 unspecified atom stereocenters. The monoisotopic (exact) mass is 337 g/mol. The van der Waals surface area contributed by atoms with E-state index in [2.05, 4.69) is 10.3 Å². The summed E-state index contributed by atoms with van der Waals surface area (Å²) in [7, 11) is 1.28. The van der Waals surface area contributed by atoms with E-state index < -0.39 is 12.0 Å². The molecule has 2 saturated heterocycles. The fraction of sp³-hybridized carbons (Fsp3) is 0.533. The number of rotatable bonds is 3. The molecule has 0 saturated carbocycles. The number of H-pyrrole nitrogens is 1. The Bertz CT molecular complexity index is 686. The number of nitrogens with zero attached hydrogens (tertiary/aromatic N) is 1. The molecule has 8 heteroatoms. The van der Waals surface area contributed by atoms with Crippen LogP contribution in [0.15, 0.2) is 6.07 Å². The van der Waals surface area contributed by atoms with Gasteiger partial charge in [-0.25, -0.2) is 4.79 Å². The number of carbonyl (C=O) groups excluding carboxylic acids is 3. The topological polar surface area (TPSA) is 91.5 Å². The fourth-order valence-corrected chi connectivity index (χ4v) is 4.61. The van der Waals surface area contributed by atoms with E-state index >= 15 is 0 Å². The predicted molar refractivity (Wildman–Crippen MR) is 86.2 cm³/mol. The first-order valence-corrected chi connectivity index (χ1v) is 8.39. The van der Waals surface area contributed by atoms with Crippen molar-refractivity contribution in [3.05, 3.63) is 17.5 Å². The molecule has 2 aliphatic heterocycles. The van der Waals surface area contributed by atoms with Crippen molar-refractivity contribution in [2.75, 3.05) is 18.2 Å². The number of carbonyl (C=O) groups is 3. The van der Waals surface area contributed by atoms with Crippen LogP contribution in [-0.4, -0.2) is 51.4 Å².